The average Bonchev–Trinajstić information content (AvgIpc) is 3.06. The molecule has 0 saturated heterocycles. The number of pyridine rings is 1. The second-order valence-electron chi connectivity index (χ2n) is 5.51. The first-order valence-corrected chi connectivity index (χ1v) is 7.48. The fourth-order valence-electron chi connectivity index (χ4n) is 2.91. The summed E-state index contributed by atoms with van der Waals surface area (Å²) in [5.74, 6) is 0.650. The van der Waals surface area contributed by atoms with Crippen molar-refractivity contribution < 1.29 is 0 Å². The smallest absolute Gasteiger partial charge is 0.180 e. The van der Waals surface area contributed by atoms with E-state index in [1.165, 1.54) is 0 Å². The summed E-state index contributed by atoms with van der Waals surface area (Å²) in [5.41, 5.74) is 3.83. The van der Waals surface area contributed by atoms with Gasteiger partial charge in [-0.25, -0.2) is 14.5 Å². The molecule has 0 fully saturated rings. The van der Waals surface area contributed by atoms with Gasteiger partial charge in [0.1, 0.15) is 5.69 Å². The number of hydrogen-bond donors (Lipinski definition) is 0. The summed E-state index contributed by atoms with van der Waals surface area (Å²) < 4.78 is 1.95. The highest BCUT2D eigenvalue weighted by Gasteiger charge is 2.09. The van der Waals surface area contributed by atoms with Crippen LogP contribution in [0.25, 0.3) is 38.8 Å². The number of hydrogen-bond acceptors (Lipinski definition) is 3. The number of fused-ring (bicyclic) bond motifs is 4. The van der Waals surface area contributed by atoms with Crippen molar-refractivity contribution in [3.8, 4) is 11.5 Å². The predicted octanol–water partition coefficient (Wildman–Crippen LogP) is 4.10. The summed E-state index contributed by atoms with van der Waals surface area (Å²) in [6.45, 7) is 0. The summed E-state index contributed by atoms with van der Waals surface area (Å²) in [6, 6.07) is 22.4. The Morgan fingerprint density at radius 3 is 2.57 bits per heavy atom. The third-order valence-corrected chi connectivity index (χ3v) is 4.05. The van der Waals surface area contributed by atoms with Gasteiger partial charge in [-0.1, -0.05) is 42.5 Å². The Morgan fingerprint density at radius 1 is 0.783 bits per heavy atom. The lowest BCUT2D eigenvalue weighted by molar-refractivity contribution is 0.997. The molecule has 0 saturated carbocycles. The third kappa shape index (κ3) is 1.89. The quantitative estimate of drug-likeness (QED) is 0.468. The van der Waals surface area contributed by atoms with Crippen molar-refractivity contribution in [2.75, 3.05) is 0 Å². The molecule has 0 radical (unpaired) electrons. The highest BCUT2D eigenvalue weighted by molar-refractivity contribution is 5.84. The van der Waals surface area contributed by atoms with Gasteiger partial charge in [0, 0.05) is 17.0 Å². The first kappa shape index (κ1) is 12.3. The molecular formula is C19H12N4. The predicted molar refractivity (Wildman–Crippen MR) is 91.2 cm³/mol. The molecule has 108 valence electrons. The van der Waals surface area contributed by atoms with E-state index >= 15 is 0 Å². The first-order valence-electron chi connectivity index (χ1n) is 7.48. The fraction of sp³-hybridized carbons (Fsp3) is 0. The van der Waals surface area contributed by atoms with Crippen molar-refractivity contribution >= 4 is 27.3 Å². The fourth-order valence-corrected chi connectivity index (χ4v) is 2.91. The van der Waals surface area contributed by atoms with Crippen molar-refractivity contribution in [2.45, 2.75) is 0 Å². The summed E-state index contributed by atoms with van der Waals surface area (Å²) in [6.07, 6.45) is 1.85. The van der Waals surface area contributed by atoms with Crippen molar-refractivity contribution in [3.63, 3.8) is 0 Å². The van der Waals surface area contributed by atoms with Crippen molar-refractivity contribution in [1.29, 1.82) is 0 Å². The van der Waals surface area contributed by atoms with Gasteiger partial charge in [0.05, 0.1) is 16.6 Å². The molecule has 0 atom stereocenters. The van der Waals surface area contributed by atoms with Gasteiger partial charge in [-0.2, -0.15) is 5.10 Å². The van der Waals surface area contributed by atoms with E-state index in [2.05, 4.69) is 34.2 Å². The van der Waals surface area contributed by atoms with E-state index in [9.17, 15) is 0 Å². The summed E-state index contributed by atoms with van der Waals surface area (Å²) >= 11 is 0. The van der Waals surface area contributed by atoms with E-state index in [0.29, 0.717) is 5.82 Å². The van der Waals surface area contributed by atoms with Crippen molar-refractivity contribution in [2.24, 2.45) is 0 Å². The van der Waals surface area contributed by atoms with E-state index in [1.807, 2.05) is 53.2 Å². The molecule has 0 aliphatic carbocycles. The maximum atomic E-state index is 4.71. The van der Waals surface area contributed by atoms with E-state index in [-0.39, 0.29) is 0 Å². The van der Waals surface area contributed by atoms with Gasteiger partial charge >= 0.3 is 0 Å². The van der Waals surface area contributed by atoms with Crippen LogP contribution in [0.4, 0.5) is 0 Å². The molecule has 0 unspecified atom stereocenters. The molecular weight excluding hydrogens is 284 g/mol. The van der Waals surface area contributed by atoms with Crippen LogP contribution in [0.3, 0.4) is 0 Å². The van der Waals surface area contributed by atoms with Crippen LogP contribution >= 0.6 is 0 Å². The topological polar surface area (TPSA) is 43.1 Å². The minimum Gasteiger partial charge on any atom is -0.234 e. The molecule has 23 heavy (non-hydrogen) atoms. The Kier molecular flexibility index (Phi) is 2.46. The zero-order chi connectivity index (χ0) is 15.2. The maximum Gasteiger partial charge on any atom is 0.180 e. The van der Waals surface area contributed by atoms with E-state index < -0.39 is 0 Å². The molecule has 5 rings (SSSR count). The number of rotatable bonds is 1. The highest BCUT2D eigenvalue weighted by Crippen LogP contribution is 2.22. The van der Waals surface area contributed by atoms with E-state index in [4.69, 9.17) is 5.10 Å². The third-order valence-electron chi connectivity index (χ3n) is 4.05. The molecule has 3 heterocycles. The van der Waals surface area contributed by atoms with E-state index in [1.54, 1.807) is 0 Å². The van der Waals surface area contributed by atoms with Gasteiger partial charge in [0.15, 0.2) is 5.82 Å². The largest absolute Gasteiger partial charge is 0.234 e. The molecule has 4 nitrogen and oxygen atoms in total. The Balaban J connectivity index is 1.76. The lowest BCUT2D eigenvalue weighted by Crippen LogP contribution is -1.92. The van der Waals surface area contributed by atoms with Crippen LogP contribution in [0.15, 0.2) is 72.9 Å². The standard InChI is InChI=1S/C19H12N4/c1-3-7-16-14(6-1)12-20-19(21-16)17-11-15-10-9-13-5-2-4-8-18(13)23(15)22-17/h1-12H. The Hall–Kier alpha value is -3.27. The molecule has 0 spiro atoms. The van der Waals surface area contributed by atoms with Crippen LogP contribution in [0, 0.1) is 0 Å². The Bertz CT molecular complexity index is 1170. The molecule has 0 amide bonds. The van der Waals surface area contributed by atoms with Gasteiger partial charge in [-0.3, -0.25) is 0 Å². The summed E-state index contributed by atoms with van der Waals surface area (Å²) in [5, 5.41) is 6.90. The minimum atomic E-state index is 0.650. The molecule has 4 heteroatoms. The van der Waals surface area contributed by atoms with E-state index in [0.717, 1.165) is 33.0 Å². The molecule has 0 aliphatic heterocycles. The first-order chi connectivity index (χ1) is 11.4. The molecule has 0 aliphatic rings. The van der Waals surface area contributed by atoms with Gasteiger partial charge < -0.3 is 0 Å². The number of aromatic nitrogens is 4. The van der Waals surface area contributed by atoms with Crippen LogP contribution in [0.1, 0.15) is 0 Å². The van der Waals surface area contributed by atoms with Gasteiger partial charge in [0.25, 0.3) is 0 Å². The SMILES string of the molecule is c1ccc2nc(-c3cc4ccc5ccccc5n4n3)ncc2c1. The molecule has 0 bridgehead atoms. The number of nitrogens with zero attached hydrogens (tertiary/aromatic N) is 4. The molecule has 2 aromatic carbocycles. The Morgan fingerprint density at radius 2 is 1.61 bits per heavy atom. The summed E-state index contributed by atoms with van der Waals surface area (Å²) in [7, 11) is 0. The minimum absolute atomic E-state index is 0.650. The van der Waals surface area contributed by atoms with Gasteiger partial charge in [-0.05, 0) is 24.3 Å². The maximum absolute atomic E-state index is 4.71. The van der Waals surface area contributed by atoms with Crippen LogP contribution in [0.2, 0.25) is 0 Å². The zero-order valence-electron chi connectivity index (χ0n) is 12.2. The van der Waals surface area contributed by atoms with Crippen molar-refractivity contribution in [1.82, 2.24) is 19.6 Å². The summed E-state index contributed by atoms with van der Waals surface area (Å²) in [4.78, 5) is 9.10. The van der Waals surface area contributed by atoms with Gasteiger partial charge in [-0.15, -0.1) is 0 Å². The Labute approximate surface area is 132 Å². The lowest BCUT2D eigenvalue weighted by Gasteiger charge is -2.00. The molecule has 3 aromatic heterocycles. The molecule has 0 N–H and O–H groups in total. The molecule has 5 aromatic rings. The second-order valence-corrected chi connectivity index (χ2v) is 5.51. The lowest BCUT2D eigenvalue weighted by atomic mass is 10.2. The van der Waals surface area contributed by atoms with Crippen molar-refractivity contribution in [3.05, 3.63) is 72.9 Å². The number of para-hydroxylation sites is 2. The average molecular weight is 296 g/mol. The zero-order valence-corrected chi connectivity index (χ0v) is 12.2. The number of benzene rings is 2. The van der Waals surface area contributed by atoms with Crippen LogP contribution in [-0.2, 0) is 0 Å². The van der Waals surface area contributed by atoms with Crippen LogP contribution in [0.5, 0.6) is 0 Å². The van der Waals surface area contributed by atoms with Crippen LogP contribution in [-0.4, -0.2) is 19.6 Å². The normalized spacial score (nSPS) is 11.5. The van der Waals surface area contributed by atoms with Gasteiger partial charge in [0.2, 0.25) is 0 Å². The monoisotopic (exact) mass is 296 g/mol. The highest BCUT2D eigenvalue weighted by atomic mass is 15.2. The van der Waals surface area contributed by atoms with Crippen LogP contribution < -0.4 is 0 Å². The second kappa shape index (κ2) is 4.61.